The van der Waals surface area contributed by atoms with E-state index in [9.17, 15) is 19.7 Å². The van der Waals surface area contributed by atoms with Gasteiger partial charge in [0.1, 0.15) is 0 Å². The number of hydrogen-bond acceptors (Lipinski definition) is 5. The highest BCUT2D eigenvalue weighted by molar-refractivity contribution is 6.37. The zero-order valence-corrected chi connectivity index (χ0v) is 8.19. The lowest BCUT2D eigenvalue weighted by Crippen LogP contribution is -2.21. The van der Waals surface area contributed by atoms with E-state index in [0.29, 0.717) is 12.3 Å². The Morgan fingerprint density at radius 3 is 2.36 bits per heavy atom. The van der Waals surface area contributed by atoms with E-state index in [1.165, 1.54) is 0 Å². The first-order valence-corrected chi connectivity index (χ1v) is 4.26. The molecule has 0 amide bonds. The molecular formula is C8H13NO5. The van der Waals surface area contributed by atoms with Crippen molar-refractivity contribution < 1.29 is 19.5 Å². The van der Waals surface area contributed by atoms with Gasteiger partial charge in [0, 0.05) is 6.42 Å². The summed E-state index contributed by atoms with van der Waals surface area (Å²) in [5.41, 5.74) is 0. The van der Waals surface area contributed by atoms with Crippen LogP contribution in [0.15, 0.2) is 0 Å². The fraction of sp³-hybridized carbons (Fsp3) is 0.750. The molecular weight excluding hydrogens is 190 g/mol. The molecule has 0 rings (SSSR count). The summed E-state index contributed by atoms with van der Waals surface area (Å²) >= 11 is 0. The van der Waals surface area contributed by atoms with Gasteiger partial charge < -0.3 is 4.84 Å². The third kappa shape index (κ3) is 6.10. The normalized spacial score (nSPS) is 9.93. The van der Waals surface area contributed by atoms with Crippen molar-refractivity contribution in [2.45, 2.75) is 26.7 Å². The van der Waals surface area contributed by atoms with Crippen molar-refractivity contribution in [3.8, 4) is 0 Å². The molecule has 0 aliphatic carbocycles. The minimum atomic E-state index is -1.09. The van der Waals surface area contributed by atoms with Gasteiger partial charge in [-0.3, -0.25) is 9.59 Å². The molecule has 0 aromatic carbocycles. The molecule has 0 atom stereocenters. The molecule has 0 spiro atoms. The van der Waals surface area contributed by atoms with Crippen LogP contribution in [-0.4, -0.2) is 23.3 Å². The summed E-state index contributed by atoms with van der Waals surface area (Å²) in [6.45, 7) is 3.07. The largest absolute Gasteiger partial charge is 0.305 e. The second-order valence-electron chi connectivity index (χ2n) is 3.28. The Kier molecular flexibility index (Phi) is 5.43. The smallest absolute Gasteiger partial charge is 0.294 e. The van der Waals surface area contributed by atoms with Gasteiger partial charge in [-0.15, -0.1) is 10.1 Å². The standard InChI is InChI=1S/C8H13NO5/c1-6(2)3-4-7(10)8(11)5-14-9(12)13/h6H,3-5H2,1-2H3. The van der Waals surface area contributed by atoms with E-state index in [2.05, 4.69) is 4.84 Å². The van der Waals surface area contributed by atoms with Gasteiger partial charge in [-0.25, -0.2) is 0 Å². The van der Waals surface area contributed by atoms with Crippen LogP contribution in [0.2, 0.25) is 0 Å². The van der Waals surface area contributed by atoms with E-state index in [0.717, 1.165) is 0 Å². The second kappa shape index (κ2) is 6.06. The van der Waals surface area contributed by atoms with E-state index in [1.54, 1.807) is 0 Å². The van der Waals surface area contributed by atoms with Gasteiger partial charge in [0.2, 0.25) is 5.78 Å². The summed E-state index contributed by atoms with van der Waals surface area (Å²) in [6.07, 6.45) is 0.723. The quantitative estimate of drug-likeness (QED) is 0.346. The molecule has 0 radical (unpaired) electrons. The second-order valence-corrected chi connectivity index (χ2v) is 3.28. The van der Waals surface area contributed by atoms with E-state index in [1.807, 2.05) is 13.8 Å². The monoisotopic (exact) mass is 203 g/mol. The predicted molar refractivity (Wildman–Crippen MR) is 47.0 cm³/mol. The minimum Gasteiger partial charge on any atom is -0.305 e. The van der Waals surface area contributed by atoms with Gasteiger partial charge in [0.15, 0.2) is 12.4 Å². The maximum absolute atomic E-state index is 11.0. The molecule has 6 heteroatoms. The summed E-state index contributed by atoms with van der Waals surface area (Å²) in [5, 5.41) is 8.62. The van der Waals surface area contributed by atoms with Crippen LogP contribution in [0.4, 0.5) is 0 Å². The van der Waals surface area contributed by atoms with Crippen molar-refractivity contribution in [2.75, 3.05) is 6.61 Å². The van der Waals surface area contributed by atoms with Gasteiger partial charge in [0.05, 0.1) is 0 Å². The molecule has 0 N–H and O–H groups in total. The van der Waals surface area contributed by atoms with Crippen LogP contribution < -0.4 is 0 Å². The molecule has 0 saturated heterocycles. The van der Waals surface area contributed by atoms with Crippen LogP contribution in [0.25, 0.3) is 0 Å². The van der Waals surface area contributed by atoms with E-state index < -0.39 is 23.3 Å². The number of hydrogen-bond donors (Lipinski definition) is 0. The molecule has 0 bridgehead atoms. The van der Waals surface area contributed by atoms with E-state index in [-0.39, 0.29) is 6.42 Å². The minimum absolute atomic E-state index is 0.123. The summed E-state index contributed by atoms with van der Waals surface area (Å²) in [4.78, 5) is 35.4. The first-order valence-electron chi connectivity index (χ1n) is 4.26. The number of rotatable bonds is 7. The molecule has 0 aliphatic heterocycles. The van der Waals surface area contributed by atoms with Crippen molar-refractivity contribution in [3.05, 3.63) is 10.1 Å². The van der Waals surface area contributed by atoms with Crippen LogP contribution in [-0.2, 0) is 14.4 Å². The molecule has 0 heterocycles. The van der Waals surface area contributed by atoms with Crippen LogP contribution in [0, 0.1) is 16.0 Å². The SMILES string of the molecule is CC(C)CCC(=O)C(=O)CO[N+](=O)[O-]. The number of nitrogens with zero attached hydrogens (tertiary/aromatic N) is 1. The van der Waals surface area contributed by atoms with Crippen molar-refractivity contribution in [3.63, 3.8) is 0 Å². The fourth-order valence-corrected chi connectivity index (χ4v) is 0.751. The van der Waals surface area contributed by atoms with Crippen molar-refractivity contribution in [1.82, 2.24) is 0 Å². The molecule has 0 unspecified atom stereocenters. The Bertz CT molecular complexity index is 236. The van der Waals surface area contributed by atoms with Gasteiger partial charge in [-0.05, 0) is 12.3 Å². The Balaban J connectivity index is 3.77. The van der Waals surface area contributed by atoms with Crippen molar-refractivity contribution >= 4 is 11.6 Å². The maximum Gasteiger partial charge on any atom is 0.294 e. The zero-order chi connectivity index (χ0) is 11.1. The topological polar surface area (TPSA) is 86.5 Å². The van der Waals surface area contributed by atoms with E-state index in [4.69, 9.17) is 0 Å². The maximum atomic E-state index is 11.0. The number of carbonyl (C=O) groups excluding carboxylic acids is 2. The first kappa shape index (κ1) is 12.5. The Morgan fingerprint density at radius 2 is 1.93 bits per heavy atom. The molecule has 0 saturated carbocycles. The number of Topliss-reactive ketones (excluding diaryl/α,β-unsaturated/α-hetero) is 2. The summed E-state index contributed by atoms with van der Waals surface area (Å²) < 4.78 is 0. The highest BCUT2D eigenvalue weighted by Crippen LogP contribution is 2.04. The summed E-state index contributed by atoms with van der Waals surface area (Å²) in [5.74, 6) is -1.13. The Labute approximate surface area is 81.3 Å². The van der Waals surface area contributed by atoms with E-state index >= 15 is 0 Å². The Hall–Kier alpha value is -1.46. The van der Waals surface area contributed by atoms with Crippen LogP contribution in [0.3, 0.4) is 0 Å². The highest BCUT2D eigenvalue weighted by Gasteiger charge is 2.15. The molecule has 80 valence electrons. The number of carbonyl (C=O) groups is 2. The molecule has 0 aromatic rings. The highest BCUT2D eigenvalue weighted by atomic mass is 16.9. The molecule has 14 heavy (non-hydrogen) atoms. The third-order valence-electron chi connectivity index (χ3n) is 1.56. The van der Waals surface area contributed by atoms with Gasteiger partial charge in [0.25, 0.3) is 5.09 Å². The van der Waals surface area contributed by atoms with Crippen LogP contribution in [0.1, 0.15) is 26.7 Å². The lowest BCUT2D eigenvalue weighted by molar-refractivity contribution is -0.754. The predicted octanol–water partition coefficient (Wildman–Crippen LogP) is 0.769. The lowest BCUT2D eigenvalue weighted by atomic mass is 10.0. The van der Waals surface area contributed by atoms with Gasteiger partial charge in [-0.2, -0.15) is 0 Å². The van der Waals surface area contributed by atoms with Crippen molar-refractivity contribution in [2.24, 2.45) is 5.92 Å². The zero-order valence-electron chi connectivity index (χ0n) is 8.19. The molecule has 0 aliphatic rings. The first-order chi connectivity index (χ1) is 6.43. The lowest BCUT2D eigenvalue weighted by Gasteiger charge is -2.02. The molecule has 0 fully saturated rings. The Morgan fingerprint density at radius 1 is 1.36 bits per heavy atom. The number of ketones is 2. The van der Waals surface area contributed by atoms with Crippen LogP contribution in [0.5, 0.6) is 0 Å². The molecule has 0 aromatic heterocycles. The van der Waals surface area contributed by atoms with Gasteiger partial charge in [-0.1, -0.05) is 13.8 Å². The van der Waals surface area contributed by atoms with Crippen molar-refractivity contribution in [1.29, 1.82) is 0 Å². The fourth-order valence-electron chi connectivity index (χ4n) is 0.751. The summed E-state index contributed by atoms with van der Waals surface area (Å²) in [7, 11) is 0. The molecule has 6 nitrogen and oxygen atoms in total. The third-order valence-corrected chi connectivity index (χ3v) is 1.56. The van der Waals surface area contributed by atoms with Gasteiger partial charge >= 0.3 is 0 Å². The average Bonchev–Trinajstić information content (AvgIpc) is 2.09. The summed E-state index contributed by atoms with van der Waals surface area (Å²) in [6, 6.07) is 0. The average molecular weight is 203 g/mol. The van der Waals surface area contributed by atoms with Crippen LogP contribution >= 0.6 is 0 Å².